The number of benzene rings is 1. The van der Waals surface area contributed by atoms with Gasteiger partial charge in [0.25, 0.3) is 0 Å². The van der Waals surface area contributed by atoms with Crippen LogP contribution in [0.4, 0.5) is 8.78 Å². The predicted octanol–water partition coefficient (Wildman–Crippen LogP) is 2.03. The van der Waals surface area contributed by atoms with E-state index in [0.29, 0.717) is 44.1 Å². The zero-order valence-electron chi connectivity index (χ0n) is 16.7. The highest BCUT2D eigenvalue weighted by Gasteiger charge is 2.42. The molecular formula is C20H31BF2N2O4. The van der Waals surface area contributed by atoms with Gasteiger partial charge in [0.2, 0.25) is 0 Å². The van der Waals surface area contributed by atoms with Crippen molar-refractivity contribution in [2.75, 3.05) is 19.6 Å². The van der Waals surface area contributed by atoms with Crippen LogP contribution in [0.5, 0.6) is 0 Å². The summed E-state index contributed by atoms with van der Waals surface area (Å²) in [6, 6.07) is 3.63. The van der Waals surface area contributed by atoms with Crippen molar-refractivity contribution in [3.63, 3.8) is 0 Å². The fourth-order valence-electron chi connectivity index (χ4n) is 4.12. The third kappa shape index (κ3) is 7.03. The number of rotatable bonds is 11. The monoisotopic (exact) mass is 412 g/mol. The number of likely N-dealkylation sites (tertiary alicyclic amines) is 1. The van der Waals surface area contributed by atoms with Gasteiger partial charge in [-0.2, -0.15) is 0 Å². The SMILES string of the molecule is NC(CCCCB(O)O)(C(=O)O)C1CCN(CCCc2ccc(F)cc2F)CC1. The molecule has 6 nitrogen and oxygen atoms in total. The minimum absolute atomic E-state index is 0.134. The number of carboxylic acid groups (broad SMARTS) is 1. The molecule has 0 radical (unpaired) electrons. The van der Waals surface area contributed by atoms with E-state index in [-0.39, 0.29) is 12.2 Å². The van der Waals surface area contributed by atoms with Crippen LogP contribution in [0.2, 0.25) is 6.32 Å². The topological polar surface area (TPSA) is 107 Å². The molecule has 0 amide bonds. The van der Waals surface area contributed by atoms with Crippen molar-refractivity contribution in [1.29, 1.82) is 0 Å². The summed E-state index contributed by atoms with van der Waals surface area (Å²) in [4.78, 5) is 14.0. The second-order valence-electron chi connectivity index (χ2n) is 8.03. The molecule has 1 atom stereocenters. The maximum Gasteiger partial charge on any atom is 0.451 e. The van der Waals surface area contributed by atoms with Gasteiger partial charge >= 0.3 is 13.1 Å². The number of unbranched alkanes of at least 4 members (excludes halogenated alkanes) is 1. The maximum atomic E-state index is 13.7. The first-order valence-corrected chi connectivity index (χ1v) is 10.3. The van der Waals surface area contributed by atoms with Gasteiger partial charge < -0.3 is 25.8 Å². The van der Waals surface area contributed by atoms with Crippen molar-refractivity contribution in [3.05, 3.63) is 35.4 Å². The van der Waals surface area contributed by atoms with Crippen molar-refractivity contribution < 1.29 is 28.7 Å². The van der Waals surface area contributed by atoms with E-state index < -0.39 is 30.3 Å². The number of nitrogens with two attached hydrogens (primary N) is 1. The molecule has 1 aromatic rings. The summed E-state index contributed by atoms with van der Waals surface area (Å²) in [6.07, 6.45) is 4.19. The molecule has 1 aromatic carbocycles. The number of piperidine rings is 1. The second kappa shape index (κ2) is 11.0. The van der Waals surface area contributed by atoms with Crippen molar-refractivity contribution >= 4 is 13.1 Å². The van der Waals surface area contributed by atoms with E-state index in [2.05, 4.69) is 4.90 Å². The van der Waals surface area contributed by atoms with Crippen LogP contribution in [0.3, 0.4) is 0 Å². The Balaban J connectivity index is 1.77. The Morgan fingerprint density at radius 2 is 1.90 bits per heavy atom. The van der Waals surface area contributed by atoms with Crippen molar-refractivity contribution in [2.24, 2.45) is 11.7 Å². The Hall–Kier alpha value is -1.55. The lowest BCUT2D eigenvalue weighted by Crippen LogP contribution is -2.57. The lowest BCUT2D eigenvalue weighted by molar-refractivity contribution is -0.147. The number of aliphatic carboxylic acids is 1. The molecular weight excluding hydrogens is 381 g/mol. The first kappa shape index (κ1) is 23.7. The van der Waals surface area contributed by atoms with Gasteiger partial charge in [-0.1, -0.05) is 18.9 Å². The third-order valence-corrected chi connectivity index (χ3v) is 5.95. The van der Waals surface area contributed by atoms with E-state index in [1.807, 2.05) is 0 Å². The minimum atomic E-state index is -1.38. The number of aryl methyl sites for hydroxylation is 1. The fraction of sp³-hybridized carbons (Fsp3) is 0.650. The van der Waals surface area contributed by atoms with Crippen LogP contribution in [0, 0.1) is 17.6 Å². The smallest absolute Gasteiger partial charge is 0.451 e. The molecule has 1 heterocycles. The summed E-state index contributed by atoms with van der Waals surface area (Å²) >= 11 is 0. The summed E-state index contributed by atoms with van der Waals surface area (Å²) in [7, 11) is -1.38. The van der Waals surface area contributed by atoms with Crippen LogP contribution in [-0.4, -0.2) is 58.3 Å². The molecule has 0 aromatic heterocycles. The van der Waals surface area contributed by atoms with Crippen LogP contribution < -0.4 is 5.73 Å². The van der Waals surface area contributed by atoms with Gasteiger partial charge in [-0.05, 0) is 75.6 Å². The first-order chi connectivity index (χ1) is 13.7. The molecule has 0 spiro atoms. The highest BCUT2D eigenvalue weighted by molar-refractivity contribution is 6.40. The third-order valence-electron chi connectivity index (χ3n) is 5.95. The zero-order chi connectivity index (χ0) is 21.4. The molecule has 1 aliphatic rings. The van der Waals surface area contributed by atoms with E-state index in [0.717, 1.165) is 32.1 Å². The fourth-order valence-corrected chi connectivity index (χ4v) is 4.12. The van der Waals surface area contributed by atoms with E-state index in [9.17, 15) is 18.7 Å². The van der Waals surface area contributed by atoms with Crippen LogP contribution in [0.1, 0.15) is 44.1 Å². The largest absolute Gasteiger partial charge is 0.480 e. The number of hydrogen-bond acceptors (Lipinski definition) is 5. The highest BCUT2D eigenvalue weighted by Crippen LogP contribution is 2.31. The highest BCUT2D eigenvalue weighted by atomic mass is 19.1. The Morgan fingerprint density at radius 1 is 1.21 bits per heavy atom. The molecule has 1 aliphatic heterocycles. The van der Waals surface area contributed by atoms with Crippen molar-refractivity contribution in [3.8, 4) is 0 Å². The van der Waals surface area contributed by atoms with Gasteiger partial charge in [0.05, 0.1) is 0 Å². The average molecular weight is 412 g/mol. The molecule has 9 heteroatoms. The van der Waals surface area contributed by atoms with Crippen LogP contribution in [0.25, 0.3) is 0 Å². The maximum absolute atomic E-state index is 13.7. The van der Waals surface area contributed by atoms with Gasteiger partial charge in [0, 0.05) is 6.07 Å². The van der Waals surface area contributed by atoms with Crippen molar-refractivity contribution in [2.45, 2.75) is 56.8 Å². The van der Waals surface area contributed by atoms with Gasteiger partial charge in [0.1, 0.15) is 17.2 Å². The zero-order valence-corrected chi connectivity index (χ0v) is 16.7. The van der Waals surface area contributed by atoms with Gasteiger partial charge in [0.15, 0.2) is 0 Å². The van der Waals surface area contributed by atoms with Crippen LogP contribution >= 0.6 is 0 Å². The Labute approximate surface area is 170 Å². The molecule has 0 saturated carbocycles. The molecule has 0 bridgehead atoms. The lowest BCUT2D eigenvalue weighted by atomic mass is 9.74. The summed E-state index contributed by atoms with van der Waals surface area (Å²) in [6.45, 7) is 2.23. The van der Waals surface area contributed by atoms with Gasteiger partial charge in [-0.25, -0.2) is 8.78 Å². The molecule has 1 fully saturated rings. The number of halogens is 2. The Bertz CT molecular complexity index is 672. The molecule has 2 rings (SSSR count). The molecule has 29 heavy (non-hydrogen) atoms. The normalized spacial score (nSPS) is 17.8. The number of hydrogen-bond donors (Lipinski definition) is 4. The van der Waals surface area contributed by atoms with Crippen LogP contribution in [0.15, 0.2) is 18.2 Å². The predicted molar refractivity (Wildman–Crippen MR) is 107 cm³/mol. The van der Waals surface area contributed by atoms with E-state index >= 15 is 0 Å². The van der Waals surface area contributed by atoms with E-state index in [1.54, 1.807) is 0 Å². The molecule has 162 valence electrons. The summed E-state index contributed by atoms with van der Waals surface area (Å²) in [5.74, 6) is -2.24. The summed E-state index contributed by atoms with van der Waals surface area (Å²) in [5.41, 5.74) is 5.47. The standard InChI is InChI=1S/C20H31BF2N2O4/c22-17-6-5-15(18(23)14-17)4-3-11-25-12-7-16(8-13-25)20(24,19(26)27)9-1-2-10-21(28)29/h5-6,14,16,28-29H,1-4,7-13,24H2,(H,26,27). The Morgan fingerprint density at radius 3 is 2.48 bits per heavy atom. The molecule has 5 N–H and O–H groups in total. The van der Waals surface area contributed by atoms with E-state index in [4.69, 9.17) is 15.8 Å². The summed E-state index contributed by atoms with van der Waals surface area (Å²) < 4.78 is 26.7. The molecule has 1 saturated heterocycles. The number of carbonyl (C=O) groups is 1. The average Bonchev–Trinajstić information content (AvgIpc) is 2.67. The number of carboxylic acids is 1. The summed E-state index contributed by atoms with van der Waals surface area (Å²) in [5, 5.41) is 27.5. The van der Waals surface area contributed by atoms with E-state index in [1.165, 1.54) is 12.1 Å². The van der Waals surface area contributed by atoms with Crippen molar-refractivity contribution in [1.82, 2.24) is 4.90 Å². The Kier molecular flexibility index (Phi) is 9.01. The quantitative estimate of drug-likeness (QED) is 0.327. The minimum Gasteiger partial charge on any atom is -0.480 e. The lowest BCUT2D eigenvalue weighted by Gasteiger charge is -2.40. The molecule has 0 aliphatic carbocycles. The van der Waals surface area contributed by atoms with Gasteiger partial charge in [-0.3, -0.25) is 4.79 Å². The van der Waals surface area contributed by atoms with Gasteiger partial charge in [-0.15, -0.1) is 0 Å². The number of nitrogens with zero attached hydrogens (tertiary/aromatic N) is 1. The second-order valence-corrected chi connectivity index (χ2v) is 8.03. The first-order valence-electron chi connectivity index (χ1n) is 10.3. The van der Waals surface area contributed by atoms with Crippen LogP contribution in [-0.2, 0) is 11.2 Å². The molecule has 1 unspecified atom stereocenters.